The molecule has 3 heteroatoms. The first kappa shape index (κ1) is 35.9. The van der Waals surface area contributed by atoms with Crippen LogP contribution in [0, 0.1) is 11.8 Å². The lowest BCUT2D eigenvalue weighted by Crippen LogP contribution is -2.17. The molecule has 9 rings (SSSR count). The summed E-state index contributed by atoms with van der Waals surface area (Å²) < 4.78 is 6.94. The van der Waals surface area contributed by atoms with Crippen molar-refractivity contribution in [1.82, 2.24) is 0 Å². The van der Waals surface area contributed by atoms with Crippen molar-refractivity contribution in [2.75, 3.05) is 9.80 Å². The van der Waals surface area contributed by atoms with Crippen LogP contribution in [0.25, 0.3) is 28.2 Å². The first-order valence-electron chi connectivity index (χ1n) is 20.5. The van der Waals surface area contributed by atoms with Crippen LogP contribution in [-0.2, 0) is 24.7 Å². The van der Waals surface area contributed by atoms with Crippen LogP contribution in [0.5, 0.6) is 0 Å². The highest BCUT2D eigenvalue weighted by atomic mass is 16.3. The second kappa shape index (κ2) is 14.4. The smallest absolute Gasteiger partial charge is 0.139 e. The summed E-state index contributed by atoms with van der Waals surface area (Å²) in [4.78, 5) is 4.88. The quantitative estimate of drug-likeness (QED) is 0.140. The minimum absolute atomic E-state index is 0.341. The van der Waals surface area contributed by atoms with Gasteiger partial charge in [0, 0.05) is 55.9 Å². The second-order valence-corrected chi connectivity index (χ2v) is 17.1. The van der Waals surface area contributed by atoms with E-state index >= 15 is 0 Å². The maximum absolute atomic E-state index is 6.94. The van der Waals surface area contributed by atoms with Crippen LogP contribution >= 0.6 is 0 Å². The van der Waals surface area contributed by atoms with Crippen LogP contribution < -0.4 is 9.80 Å². The van der Waals surface area contributed by atoms with Gasteiger partial charge in [-0.25, -0.2) is 0 Å². The van der Waals surface area contributed by atoms with Gasteiger partial charge in [0.05, 0.1) is 5.69 Å². The number of fused-ring (bicyclic) bond motifs is 7. The Labute approximate surface area is 332 Å². The van der Waals surface area contributed by atoms with Crippen LogP contribution in [-0.4, -0.2) is 0 Å². The molecule has 280 valence electrons. The number of benzene rings is 6. The summed E-state index contributed by atoms with van der Waals surface area (Å²) in [6, 6.07) is 49.6. The standard InChI is InChI=1S/C53H52N2O/c1-35(2)31-37-21-25-41(26-22-37)54(39-15-9-7-10-16-39)43-29-30-45-47(33-43)53(5,6)51-50(45)48(34-46-44-19-13-14-20-49(44)56-52(46)51)55(40-17-11-8-12-18-40)42-27-23-38(24-28-42)32-36(3)4/h7-12,14-18,20-30,33-36H,13,19,31-32H2,1-6H3. The van der Waals surface area contributed by atoms with Gasteiger partial charge in [-0.05, 0) is 133 Å². The summed E-state index contributed by atoms with van der Waals surface area (Å²) >= 11 is 0. The molecule has 0 radical (unpaired) electrons. The Bertz CT molecular complexity index is 2540. The third-order valence-electron chi connectivity index (χ3n) is 11.7. The fraction of sp³-hybridized carbons (Fsp3) is 0.245. The molecule has 2 aliphatic carbocycles. The SMILES string of the molecule is CC(C)Cc1ccc(N(c2ccccc2)c2ccc3c(c2)C(C)(C)c2c-3c(N(c3ccccc3)c3ccc(CC(C)C)cc3)cc3c4c(oc23)C=CCC4)cc1. The summed E-state index contributed by atoms with van der Waals surface area (Å²) in [6.45, 7) is 13.9. The van der Waals surface area contributed by atoms with E-state index < -0.39 is 0 Å². The normalized spacial score (nSPS) is 13.9. The predicted molar refractivity (Wildman–Crippen MR) is 238 cm³/mol. The maximum Gasteiger partial charge on any atom is 0.139 e. The average Bonchev–Trinajstić information content (AvgIpc) is 3.68. The van der Waals surface area contributed by atoms with E-state index in [1.54, 1.807) is 0 Å². The number of hydrogen-bond donors (Lipinski definition) is 0. The molecule has 56 heavy (non-hydrogen) atoms. The first-order chi connectivity index (χ1) is 27.2. The summed E-state index contributed by atoms with van der Waals surface area (Å²) in [5.74, 6) is 2.21. The van der Waals surface area contributed by atoms with Crippen LogP contribution in [0.4, 0.5) is 34.1 Å². The molecule has 0 amide bonds. The van der Waals surface area contributed by atoms with E-state index in [-0.39, 0.29) is 5.41 Å². The molecular weight excluding hydrogens is 681 g/mol. The molecular formula is C53H52N2O. The lowest BCUT2D eigenvalue weighted by molar-refractivity contribution is 0.574. The molecule has 0 atom stereocenters. The topological polar surface area (TPSA) is 19.6 Å². The molecule has 3 nitrogen and oxygen atoms in total. The van der Waals surface area contributed by atoms with Gasteiger partial charge in [0.25, 0.3) is 0 Å². The van der Waals surface area contributed by atoms with E-state index in [1.807, 2.05) is 0 Å². The Morgan fingerprint density at radius 2 is 1.14 bits per heavy atom. The van der Waals surface area contributed by atoms with Crippen LogP contribution in [0.3, 0.4) is 0 Å². The van der Waals surface area contributed by atoms with Gasteiger partial charge in [0.15, 0.2) is 0 Å². The lowest BCUT2D eigenvalue weighted by Gasteiger charge is -2.29. The second-order valence-electron chi connectivity index (χ2n) is 17.1. The maximum atomic E-state index is 6.94. The third kappa shape index (κ3) is 6.33. The number of allylic oxidation sites excluding steroid dienone is 1. The van der Waals surface area contributed by atoms with Crippen molar-refractivity contribution in [3.8, 4) is 11.1 Å². The zero-order valence-corrected chi connectivity index (χ0v) is 33.6. The minimum Gasteiger partial charge on any atom is -0.456 e. The van der Waals surface area contributed by atoms with E-state index in [4.69, 9.17) is 4.42 Å². The van der Waals surface area contributed by atoms with Gasteiger partial charge in [-0.15, -0.1) is 0 Å². The molecule has 0 saturated heterocycles. The molecule has 0 N–H and O–H groups in total. The molecule has 0 unspecified atom stereocenters. The van der Waals surface area contributed by atoms with E-state index in [0.717, 1.165) is 65.5 Å². The van der Waals surface area contributed by atoms with E-state index in [1.165, 1.54) is 50.0 Å². The Morgan fingerprint density at radius 1 is 0.607 bits per heavy atom. The Morgan fingerprint density at radius 3 is 1.73 bits per heavy atom. The molecule has 0 spiro atoms. The van der Waals surface area contributed by atoms with Crippen molar-refractivity contribution < 1.29 is 4.42 Å². The number of aryl methyl sites for hydroxylation is 1. The van der Waals surface area contributed by atoms with Crippen LogP contribution in [0.15, 0.2) is 144 Å². The highest BCUT2D eigenvalue weighted by Crippen LogP contribution is 2.59. The largest absolute Gasteiger partial charge is 0.456 e. The van der Waals surface area contributed by atoms with Gasteiger partial charge in [-0.3, -0.25) is 0 Å². The van der Waals surface area contributed by atoms with Crippen LogP contribution in [0.1, 0.15) is 81.5 Å². The molecule has 0 fully saturated rings. The molecule has 1 aromatic heterocycles. The van der Waals surface area contributed by atoms with Crippen molar-refractivity contribution in [2.45, 2.75) is 72.6 Å². The fourth-order valence-corrected chi connectivity index (χ4v) is 9.22. The molecule has 1 heterocycles. The van der Waals surface area contributed by atoms with Crippen molar-refractivity contribution in [3.63, 3.8) is 0 Å². The van der Waals surface area contributed by atoms with Gasteiger partial charge < -0.3 is 14.2 Å². The third-order valence-corrected chi connectivity index (χ3v) is 11.7. The van der Waals surface area contributed by atoms with Crippen molar-refractivity contribution in [1.29, 1.82) is 0 Å². The number of nitrogens with zero attached hydrogens (tertiary/aromatic N) is 2. The lowest BCUT2D eigenvalue weighted by atomic mass is 9.81. The molecule has 6 aromatic carbocycles. The number of rotatable bonds is 10. The monoisotopic (exact) mass is 732 g/mol. The highest BCUT2D eigenvalue weighted by Gasteiger charge is 2.42. The van der Waals surface area contributed by atoms with Gasteiger partial charge in [-0.2, -0.15) is 0 Å². The number of furan rings is 1. The van der Waals surface area contributed by atoms with Crippen molar-refractivity contribution >= 4 is 51.2 Å². The molecule has 2 aliphatic rings. The molecule has 0 bridgehead atoms. The Hall–Kier alpha value is -5.80. The van der Waals surface area contributed by atoms with E-state index in [9.17, 15) is 0 Å². The molecule has 0 saturated carbocycles. The van der Waals surface area contributed by atoms with Crippen molar-refractivity contribution in [3.05, 3.63) is 173 Å². The summed E-state index contributed by atoms with van der Waals surface area (Å²) in [7, 11) is 0. The number of hydrogen-bond acceptors (Lipinski definition) is 3. The summed E-state index contributed by atoms with van der Waals surface area (Å²) in [5, 5.41) is 1.23. The Balaban J connectivity index is 1.27. The number of para-hydroxylation sites is 2. The van der Waals surface area contributed by atoms with Gasteiger partial charge >= 0.3 is 0 Å². The first-order valence-corrected chi connectivity index (χ1v) is 20.5. The van der Waals surface area contributed by atoms with Gasteiger partial charge in [-0.1, -0.05) is 114 Å². The average molecular weight is 733 g/mol. The van der Waals surface area contributed by atoms with E-state index in [2.05, 4.69) is 197 Å². The summed E-state index contributed by atoms with van der Waals surface area (Å²) in [5.41, 5.74) is 16.7. The zero-order chi connectivity index (χ0) is 38.6. The predicted octanol–water partition coefficient (Wildman–Crippen LogP) is 15.0. The molecule has 0 aliphatic heterocycles. The summed E-state index contributed by atoms with van der Waals surface area (Å²) in [6.07, 6.45) is 8.57. The highest BCUT2D eigenvalue weighted by molar-refractivity contribution is 6.06. The molecule has 7 aromatic rings. The number of anilines is 6. The van der Waals surface area contributed by atoms with E-state index in [0.29, 0.717) is 11.8 Å². The fourth-order valence-electron chi connectivity index (χ4n) is 9.22. The van der Waals surface area contributed by atoms with Crippen molar-refractivity contribution in [2.24, 2.45) is 11.8 Å². The van der Waals surface area contributed by atoms with Gasteiger partial charge in [0.2, 0.25) is 0 Å². The minimum atomic E-state index is -0.341. The zero-order valence-electron chi connectivity index (χ0n) is 33.6. The van der Waals surface area contributed by atoms with Gasteiger partial charge in [0.1, 0.15) is 11.3 Å². The van der Waals surface area contributed by atoms with Crippen LogP contribution in [0.2, 0.25) is 0 Å². The Kier molecular flexibility index (Phi) is 9.20.